The molecular formula is C26H26ClN5O3. The lowest BCUT2D eigenvalue weighted by Gasteiger charge is -2.33. The summed E-state index contributed by atoms with van der Waals surface area (Å²) in [6, 6.07) is 4.56. The van der Waals surface area contributed by atoms with Crippen molar-refractivity contribution < 1.29 is 14.3 Å². The van der Waals surface area contributed by atoms with Crippen molar-refractivity contribution in [2.75, 3.05) is 24.1 Å². The van der Waals surface area contributed by atoms with Gasteiger partial charge in [0.1, 0.15) is 35.0 Å². The van der Waals surface area contributed by atoms with Crippen LogP contribution in [0.2, 0.25) is 5.02 Å². The number of nitrogens with two attached hydrogens (primary N) is 1. The number of benzene rings is 1. The van der Waals surface area contributed by atoms with Crippen LogP contribution in [-0.4, -0.2) is 45.7 Å². The number of ether oxygens (including phenoxy) is 1. The lowest BCUT2D eigenvalue weighted by atomic mass is 10.0. The van der Waals surface area contributed by atoms with E-state index in [0.29, 0.717) is 24.6 Å². The average molecular weight is 492 g/mol. The van der Waals surface area contributed by atoms with E-state index in [0.717, 1.165) is 12.8 Å². The number of hydrogen-bond acceptors (Lipinski definition) is 7. The summed E-state index contributed by atoms with van der Waals surface area (Å²) >= 11 is 6.44. The van der Waals surface area contributed by atoms with Gasteiger partial charge >= 0.3 is 0 Å². The number of likely N-dealkylation sites (tertiary alicyclic amines) is 1. The summed E-state index contributed by atoms with van der Waals surface area (Å²) < 4.78 is 5.74. The zero-order valence-electron chi connectivity index (χ0n) is 19.3. The Labute approximate surface area is 209 Å². The largest absolute Gasteiger partial charge is 0.457 e. The molecule has 3 rings (SSSR count). The maximum atomic E-state index is 13.5. The van der Waals surface area contributed by atoms with Crippen molar-refractivity contribution in [1.82, 2.24) is 14.9 Å². The number of halogens is 1. The lowest BCUT2D eigenvalue weighted by Crippen LogP contribution is -2.44. The Morgan fingerprint density at radius 1 is 1.40 bits per heavy atom. The number of nitrogen functional groups attached to an aromatic ring is 1. The van der Waals surface area contributed by atoms with Crippen LogP contribution in [0, 0.1) is 12.3 Å². The van der Waals surface area contributed by atoms with E-state index in [1.54, 1.807) is 29.2 Å². The SMILES string of the molecule is C#C/C=C(\C=C/C)Oc1ccc(C(=O)c2c(N)ncnc2NC2CCCN(C(=O)C=C)C2)c(Cl)c1. The fourth-order valence-corrected chi connectivity index (χ4v) is 3.98. The van der Waals surface area contributed by atoms with Gasteiger partial charge in [-0.05, 0) is 44.1 Å². The number of rotatable bonds is 8. The van der Waals surface area contributed by atoms with E-state index in [-0.39, 0.29) is 39.7 Å². The summed E-state index contributed by atoms with van der Waals surface area (Å²) in [6.07, 6.45) is 14.5. The fourth-order valence-electron chi connectivity index (χ4n) is 3.72. The van der Waals surface area contributed by atoms with Gasteiger partial charge < -0.3 is 20.7 Å². The molecular weight excluding hydrogens is 466 g/mol. The number of ketones is 1. The molecule has 1 unspecified atom stereocenters. The zero-order valence-corrected chi connectivity index (χ0v) is 20.1. The summed E-state index contributed by atoms with van der Waals surface area (Å²) in [6.45, 7) is 6.48. The molecule has 0 spiro atoms. The smallest absolute Gasteiger partial charge is 0.246 e. The van der Waals surface area contributed by atoms with Crippen LogP contribution < -0.4 is 15.8 Å². The third-order valence-electron chi connectivity index (χ3n) is 5.33. The molecule has 1 aromatic carbocycles. The second-order valence-corrected chi connectivity index (χ2v) is 8.15. The molecule has 1 aliphatic rings. The minimum atomic E-state index is -0.440. The van der Waals surface area contributed by atoms with Crippen LogP contribution in [0.25, 0.3) is 0 Å². The normalized spacial score (nSPS) is 16.0. The Kier molecular flexibility index (Phi) is 8.65. The first kappa shape index (κ1) is 25.5. The Balaban J connectivity index is 1.86. The summed E-state index contributed by atoms with van der Waals surface area (Å²) in [5.41, 5.74) is 6.40. The predicted molar refractivity (Wildman–Crippen MR) is 137 cm³/mol. The van der Waals surface area contributed by atoms with Crippen molar-refractivity contribution in [3.63, 3.8) is 0 Å². The minimum Gasteiger partial charge on any atom is -0.457 e. The molecule has 1 fully saturated rings. The predicted octanol–water partition coefficient (Wildman–Crippen LogP) is 4.00. The van der Waals surface area contributed by atoms with Crippen molar-refractivity contribution in [3.8, 4) is 18.1 Å². The van der Waals surface area contributed by atoms with Crippen LogP contribution in [0.5, 0.6) is 5.75 Å². The van der Waals surface area contributed by atoms with Gasteiger partial charge in [0.15, 0.2) is 0 Å². The number of terminal acetylenes is 1. The molecule has 1 saturated heterocycles. The van der Waals surface area contributed by atoms with Crippen molar-refractivity contribution >= 4 is 34.9 Å². The van der Waals surface area contributed by atoms with Gasteiger partial charge in [0, 0.05) is 36.8 Å². The number of amides is 1. The highest BCUT2D eigenvalue weighted by molar-refractivity contribution is 6.35. The molecule has 2 heterocycles. The van der Waals surface area contributed by atoms with Crippen molar-refractivity contribution in [2.24, 2.45) is 0 Å². The molecule has 8 nitrogen and oxygen atoms in total. The second kappa shape index (κ2) is 11.9. The Hall–Kier alpha value is -4.09. The van der Waals surface area contributed by atoms with E-state index < -0.39 is 5.78 Å². The van der Waals surface area contributed by atoms with E-state index in [2.05, 4.69) is 27.8 Å². The first-order valence-corrected chi connectivity index (χ1v) is 11.3. The van der Waals surface area contributed by atoms with Gasteiger partial charge in [-0.3, -0.25) is 9.59 Å². The minimum absolute atomic E-state index is 0.0195. The van der Waals surface area contributed by atoms with Gasteiger partial charge in [-0.1, -0.05) is 30.2 Å². The van der Waals surface area contributed by atoms with E-state index in [1.807, 2.05) is 6.92 Å². The average Bonchev–Trinajstić information content (AvgIpc) is 2.84. The third-order valence-corrected chi connectivity index (χ3v) is 5.64. The topological polar surface area (TPSA) is 110 Å². The maximum Gasteiger partial charge on any atom is 0.246 e. The van der Waals surface area contributed by atoms with Crippen LogP contribution in [-0.2, 0) is 4.79 Å². The van der Waals surface area contributed by atoms with Crippen molar-refractivity contribution in [2.45, 2.75) is 25.8 Å². The molecule has 0 bridgehead atoms. The van der Waals surface area contributed by atoms with E-state index in [1.165, 1.54) is 24.5 Å². The number of hydrogen-bond donors (Lipinski definition) is 2. The first-order chi connectivity index (χ1) is 16.9. The number of carbonyl (C=O) groups excluding carboxylic acids is 2. The molecule has 1 aromatic heterocycles. The van der Waals surface area contributed by atoms with E-state index in [9.17, 15) is 9.59 Å². The molecule has 3 N–H and O–H groups in total. The van der Waals surface area contributed by atoms with Gasteiger partial charge in [-0.2, -0.15) is 0 Å². The van der Waals surface area contributed by atoms with Gasteiger partial charge in [0.05, 0.1) is 5.02 Å². The van der Waals surface area contributed by atoms with Crippen molar-refractivity contribution in [3.05, 3.63) is 77.3 Å². The van der Waals surface area contributed by atoms with Crippen LogP contribution in [0.4, 0.5) is 11.6 Å². The van der Waals surface area contributed by atoms with Crippen LogP contribution in [0.3, 0.4) is 0 Å². The summed E-state index contributed by atoms with van der Waals surface area (Å²) in [5.74, 6) is 3.00. The van der Waals surface area contributed by atoms with Gasteiger partial charge in [-0.25, -0.2) is 9.97 Å². The molecule has 1 atom stereocenters. The highest BCUT2D eigenvalue weighted by Gasteiger charge is 2.26. The van der Waals surface area contributed by atoms with Gasteiger partial charge in [0.2, 0.25) is 11.7 Å². The van der Waals surface area contributed by atoms with Crippen LogP contribution in [0.15, 0.2) is 61.2 Å². The quantitative estimate of drug-likeness (QED) is 0.189. The maximum absolute atomic E-state index is 13.5. The van der Waals surface area contributed by atoms with Crippen molar-refractivity contribution in [1.29, 1.82) is 0 Å². The summed E-state index contributed by atoms with van der Waals surface area (Å²) in [7, 11) is 0. The Morgan fingerprint density at radius 3 is 2.89 bits per heavy atom. The Bertz CT molecular complexity index is 1230. The van der Waals surface area contributed by atoms with Gasteiger partial charge in [-0.15, -0.1) is 6.42 Å². The zero-order chi connectivity index (χ0) is 25.4. The number of carbonyl (C=O) groups is 2. The second-order valence-electron chi connectivity index (χ2n) is 7.74. The number of nitrogens with zero attached hydrogens (tertiary/aromatic N) is 3. The number of aromatic nitrogens is 2. The number of anilines is 2. The Morgan fingerprint density at radius 2 is 2.20 bits per heavy atom. The van der Waals surface area contributed by atoms with Crippen LogP contribution in [0.1, 0.15) is 35.7 Å². The lowest BCUT2D eigenvalue weighted by molar-refractivity contribution is -0.127. The molecule has 0 aliphatic carbocycles. The van der Waals surface area contributed by atoms with Crippen LogP contribution >= 0.6 is 11.6 Å². The van der Waals surface area contributed by atoms with E-state index >= 15 is 0 Å². The number of allylic oxidation sites excluding steroid dienone is 3. The number of piperidine rings is 1. The molecule has 2 aromatic rings. The first-order valence-electron chi connectivity index (χ1n) is 11.0. The number of nitrogens with one attached hydrogen (secondary N) is 1. The molecule has 180 valence electrons. The van der Waals surface area contributed by atoms with Gasteiger partial charge in [0.25, 0.3) is 0 Å². The highest BCUT2D eigenvalue weighted by Crippen LogP contribution is 2.30. The fraction of sp³-hybridized carbons (Fsp3) is 0.231. The molecule has 0 saturated carbocycles. The highest BCUT2D eigenvalue weighted by atomic mass is 35.5. The molecule has 0 radical (unpaired) electrons. The third kappa shape index (κ3) is 6.28. The van der Waals surface area contributed by atoms with E-state index in [4.69, 9.17) is 28.5 Å². The summed E-state index contributed by atoms with van der Waals surface area (Å²) in [4.78, 5) is 35.4. The summed E-state index contributed by atoms with van der Waals surface area (Å²) in [5, 5.41) is 3.42. The molecule has 9 heteroatoms. The molecule has 1 aliphatic heterocycles. The monoisotopic (exact) mass is 491 g/mol. The molecule has 1 amide bonds. The molecule has 35 heavy (non-hydrogen) atoms. The standard InChI is InChI=1S/C26H26ClN5O3/c1-4-8-18(9-5-2)35-19-11-12-20(21(27)14-19)24(34)23-25(28)29-16-30-26(23)31-17-10-7-13-32(15-17)22(33)6-3/h1,5-6,8-9,11-12,14,16-17H,3,7,10,13,15H2,2H3,(H3,28,29,30,31)/b9-5-,18-8+.